The fourth-order valence-electron chi connectivity index (χ4n) is 2.73. The minimum absolute atomic E-state index is 0.324. The molecule has 1 N–H and O–H groups in total. The molecule has 0 amide bonds. The van der Waals surface area contributed by atoms with Crippen LogP contribution in [0.4, 0.5) is 8.78 Å². The zero-order valence-electron chi connectivity index (χ0n) is 11.8. The fourth-order valence-corrected chi connectivity index (χ4v) is 2.73. The molecule has 4 heteroatoms. The number of nitrogens with one attached hydrogen (secondary N) is 1. The van der Waals surface area contributed by atoms with Crippen molar-refractivity contribution in [3.8, 4) is 0 Å². The van der Waals surface area contributed by atoms with E-state index in [1.807, 2.05) is 0 Å². The van der Waals surface area contributed by atoms with E-state index in [4.69, 9.17) is 0 Å². The first-order valence-corrected chi connectivity index (χ1v) is 6.88. The van der Waals surface area contributed by atoms with Crippen LogP contribution >= 0.6 is 0 Å². The summed E-state index contributed by atoms with van der Waals surface area (Å²) in [6, 6.07) is 4.42. The number of halogens is 2. The smallest absolute Gasteiger partial charge is 0.127 e. The molecule has 2 atom stereocenters. The van der Waals surface area contributed by atoms with Gasteiger partial charge in [0.1, 0.15) is 11.6 Å². The van der Waals surface area contributed by atoms with Crippen LogP contribution in [0.3, 0.4) is 0 Å². The molecule has 1 heterocycles. The Morgan fingerprint density at radius 2 is 2.11 bits per heavy atom. The average molecular weight is 268 g/mol. The van der Waals surface area contributed by atoms with Crippen LogP contribution in [0.1, 0.15) is 26.3 Å². The van der Waals surface area contributed by atoms with Crippen LogP contribution in [0.25, 0.3) is 0 Å². The topological polar surface area (TPSA) is 15.3 Å². The van der Waals surface area contributed by atoms with Gasteiger partial charge in [0.25, 0.3) is 0 Å². The van der Waals surface area contributed by atoms with Crippen LogP contribution in [0, 0.1) is 17.6 Å². The highest BCUT2D eigenvalue weighted by Gasteiger charge is 2.28. The minimum Gasteiger partial charge on any atom is -0.311 e. The molecule has 0 aliphatic carbocycles. The van der Waals surface area contributed by atoms with Gasteiger partial charge in [-0.2, -0.15) is 0 Å². The van der Waals surface area contributed by atoms with Gasteiger partial charge >= 0.3 is 0 Å². The Kier molecular flexibility index (Phi) is 4.53. The molecule has 1 aromatic rings. The normalized spacial score (nSPS) is 24.9. The van der Waals surface area contributed by atoms with Gasteiger partial charge in [-0.25, -0.2) is 8.78 Å². The van der Waals surface area contributed by atoms with E-state index in [-0.39, 0.29) is 11.6 Å². The first kappa shape index (κ1) is 14.4. The lowest BCUT2D eigenvalue weighted by Gasteiger charge is -2.41. The second-order valence-corrected chi connectivity index (χ2v) is 5.79. The lowest BCUT2D eigenvalue weighted by molar-refractivity contribution is 0.0943. The highest BCUT2D eigenvalue weighted by molar-refractivity contribution is 5.19. The molecular weight excluding hydrogens is 246 g/mol. The second kappa shape index (κ2) is 5.97. The summed E-state index contributed by atoms with van der Waals surface area (Å²) in [5.41, 5.74) is 0.444. The Labute approximate surface area is 113 Å². The van der Waals surface area contributed by atoms with E-state index >= 15 is 0 Å². The third kappa shape index (κ3) is 3.51. The van der Waals surface area contributed by atoms with Crippen molar-refractivity contribution < 1.29 is 8.78 Å². The molecule has 2 rings (SSSR count). The predicted octanol–water partition coefficient (Wildman–Crippen LogP) is 2.78. The third-order valence-electron chi connectivity index (χ3n) is 3.80. The van der Waals surface area contributed by atoms with Crippen molar-refractivity contribution in [3.63, 3.8) is 0 Å². The zero-order chi connectivity index (χ0) is 14.0. The van der Waals surface area contributed by atoms with E-state index in [0.29, 0.717) is 30.1 Å². The van der Waals surface area contributed by atoms with Gasteiger partial charge in [-0.1, -0.05) is 13.8 Å². The molecule has 0 spiro atoms. The Hall–Kier alpha value is -1.00. The molecular formula is C15H22F2N2. The number of benzene rings is 1. The molecule has 2 nitrogen and oxygen atoms in total. The van der Waals surface area contributed by atoms with Crippen LogP contribution in [0.5, 0.6) is 0 Å². The molecule has 1 saturated heterocycles. The Morgan fingerprint density at radius 3 is 2.79 bits per heavy atom. The maximum atomic E-state index is 13.7. The van der Waals surface area contributed by atoms with Gasteiger partial charge < -0.3 is 5.32 Å². The largest absolute Gasteiger partial charge is 0.311 e. The quantitative estimate of drug-likeness (QED) is 0.907. The van der Waals surface area contributed by atoms with Crippen molar-refractivity contribution in [2.24, 2.45) is 5.92 Å². The molecule has 1 aliphatic heterocycles. The van der Waals surface area contributed by atoms with Gasteiger partial charge in [0.15, 0.2) is 0 Å². The molecule has 106 valence electrons. The minimum atomic E-state index is -0.374. The summed E-state index contributed by atoms with van der Waals surface area (Å²) in [5.74, 6) is -0.215. The van der Waals surface area contributed by atoms with Crippen LogP contribution in [0.15, 0.2) is 18.2 Å². The molecule has 1 aliphatic rings. The second-order valence-electron chi connectivity index (χ2n) is 5.79. The summed E-state index contributed by atoms with van der Waals surface area (Å²) in [6.07, 6.45) is 0. The molecule has 0 aromatic heterocycles. The monoisotopic (exact) mass is 268 g/mol. The van der Waals surface area contributed by atoms with Crippen LogP contribution in [-0.2, 0) is 6.54 Å². The number of hydrogen-bond acceptors (Lipinski definition) is 2. The number of rotatable bonds is 3. The van der Waals surface area contributed by atoms with E-state index < -0.39 is 0 Å². The van der Waals surface area contributed by atoms with Crippen molar-refractivity contribution in [1.29, 1.82) is 0 Å². The summed E-state index contributed by atoms with van der Waals surface area (Å²) in [5, 5.41) is 3.45. The van der Waals surface area contributed by atoms with E-state index in [0.717, 1.165) is 13.1 Å². The van der Waals surface area contributed by atoms with E-state index in [1.54, 1.807) is 0 Å². The highest BCUT2D eigenvalue weighted by Crippen LogP contribution is 2.20. The maximum absolute atomic E-state index is 13.7. The fraction of sp³-hybridized carbons (Fsp3) is 0.600. The molecule has 19 heavy (non-hydrogen) atoms. The van der Waals surface area contributed by atoms with Crippen molar-refractivity contribution in [2.75, 3.05) is 13.1 Å². The van der Waals surface area contributed by atoms with Crippen molar-refractivity contribution >= 4 is 0 Å². The van der Waals surface area contributed by atoms with Crippen molar-refractivity contribution in [2.45, 2.75) is 39.4 Å². The SMILES string of the molecule is CC1CN(Cc2cc(F)ccc2F)C(C(C)C)CN1. The Balaban J connectivity index is 2.16. The van der Waals surface area contributed by atoms with Crippen LogP contribution in [-0.4, -0.2) is 30.1 Å². The van der Waals surface area contributed by atoms with E-state index in [2.05, 4.69) is 31.0 Å². The standard InChI is InChI=1S/C15H22F2N2/c1-10(2)15-7-18-11(3)8-19(15)9-12-6-13(16)4-5-14(12)17/h4-6,10-11,15,18H,7-9H2,1-3H3. The van der Waals surface area contributed by atoms with Gasteiger partial charge in [-0.15, -0.1) is 0 Å². The highest BCUT2D eigenvalue weighted by atomic mass is 19.1. The average Bonchev–Trinajstić information content (AvgIpc) is 2.33. The van der Waals surface area contributed by atoms with Crippen LogP contribution < -0.4 is 5.32 Å². The van der Waals surface area contributed by atoms with E-state index in [9.17, 15) is 8.78 Å². The maximum Gasteiger partial charge on any atom is 0.127 e. The zero-order valence-corrected chi connectivity index (χ0v) is 11.8. The summed E-state index contributed by atoms with van der Waals surface area (Å²) < 4.78 is 27.0. The molecule has 2 unspecified atom stereocenters. The Bertz CT molecular complexity index is 434. The summed E-state index contributed by atoms with van der Waals surface area (Å²) >= 11 is 0. The molecule has 0 saturated carbocycles. The van der Waals surface area contributed by atoms with Crippen molar-refractivity contribution in [3.05, 3.63) is 35.4 Å². The van der Waals surface area contributed by atoms with Crippen molar-refractivity contribution in [1.82, 2.24) is 10.2 Å². The number of piperazine rings is 1. The third-order valence-corrected chi connectivity index (χ3v) is 3.80. The van der Waals surface area contributed by atoms with Gasteiger partial charge in [0.2, 0.25) is 0 Å². The van der Waals surface area contributed by atoms with Crippen LogP contribution in [0.2, 0.25) is 0 Å². The molecule has 1 aromatic carbocycles. The first-order chi connectivity index (χ1) is 8.97. The van der Waals surface area contributed by atoms with E-state index in [1.165, 1.54) is 18.2 Å². The number of hydrogen-bond donors (Lipinski definition) is 1. The van der Waals surface area contributed by atoms with Gasteiger partial charge in [-0.3, -0.25) is 4.90 Å². The predicted molar refractivity (Wildman–Crippen MR) is 72.9 cm³/mol. The summed E-state index contributed by atoms with van der Waals surface area (Å²) in [4.78, 5) is 2.25. The molecule has 1 fully saturated rings. The Morgan fingerprint density at radius 1 is 1.37 bits per heavy atom. The van der Waals surface area contributed by atoms with Gasteiger partial charge in [0, 0.05) is 37.3 Å². The summed E-state index contributed by atoms with van der Waals surface area (Å²) in [7, 11) is 0. The molecule has 0 bridgehead atoms. The van der Waals surface area contributed by atoms with Gasteiger partial charge in [0.05, 0.1) is 0 Å². The first-order valence-electron chi connectivity index (χ1n) is 6.88. The van der Waals surface area contributed by atoms with Gasteiger partial charge in [-0.05, 0) is 31.0 Å². The lowest BCUT2D eigenvalue weighted by Crippen LogP contribution is -2.56. The number of nitrogens with zero attached hydrogens (tertiary/aromatic N) is 1. The lowest BCUT2D eigenvalue weighted by atomic mass is 9.98. The molecule has 0 radical (unpaired) electrons. The summed E-state index contributed by atoms with van der Waals surface area (Å²) in [6.45, 7) is 8.67.